The Morgan fingerprint density at radius 3 is 2.72 bits per heavy atom. The first kappa shape index (κ1) is 19.4. The van der Waals surface area contributed by atoms with Crippen molar-refractivity contribution in [1.82, 2.24) is 15.1 Å². The van der Waals surface area contributed by atoms with E-state index in [1.54, 1.807) is 37.3 Å². The van der Waals surface area contributed by atoms with Crippen LogP contribution in [-0.4, -0.2) is 20.6 Å². The van der Waals surface area contributed by atoms with Crippen molar-refractivity contribution in [2.75, 3.05) is 0 Å². The van der Waals surface area contributed by atoms with E-state index in [2.05, 4.69) is 10.4 Å². The van der Waals surface area contributed by atoms with E-state index >= 15 is 0 Å². The fourth-order valence-corrected chi connectivity index (χ4v) is 2.76. The van der Waals surface area contributed by atoms with Crippen molar-refractivity contribution in [1.29, 1.82) is 5.26 Å². The predicted octanol–water partition coefficient (Wildman–Crippen LogP) is 2.25. The summed E-state index contributed by atoms with van der Waals surface area (Å²) in [5.74, 6) is -0.718. The van der Waals surface area contributed by atoms with Gasteiger partial charge in [0.15, 0.2) is 5.69 Å². The van der Waals surface area contributed by atoms with E-state index in [0.29, 0.717) is 16.8 Å². The Hall–Kier alpha value is -4.32. The molecule has 2 aromatic carbocycles. The maximum absolute atomic E-state index is 12.5. The number of carbonyl (C=O) groups excluding carboxylic acids is 1. The Labute approximate surface area is 165 Å². The summed E-state index contributed by atoms with van der Waals surface area (Å²) in [5, 5.41) is 26.9. The van der Waals surface area contributed by atoms with E-state index < -0.39 is 16.3 Å². The molecule has 0 saturated heterocycles. The molecule has 0 fully saturated rings. The lowest BCUT2D eigenvalue weighted by Crippen LogP contribution is -2.31. The third-order valence-corrected chi connectivity index (χ3v) is 4.14. The highest BCUT2D eigenvalue weighted by atomic mass is 16.6. The molecule has 0 bridgehead atoms. The first-order valence-corrected chi connectivity index (χ1v) is 8.52. The van der Waals surface area contributed by atoms with Crippen molar-refractivity contribution < 1.29 is 9.72 Å². The van der Waals surface area contributed by atoms with E-state index in [4.69, 9.17) is 5.26 Å². The van der Waals surface area contributed by atoms with Gasteiger partial charge in [0, 0.05) is 24.4 Å². The van der Waals surface area contributed by atoms with Gasteiger partial charge in [-0.25, -0.2) is 4.68 Å². The molecule has 0 saturated carbocycles. The summed E-state index contributed by atoms with van der Waals surface area (Å²) in [7, 11) is 0. The molecule has 3 rings (SSSR count). The first-order valence-electron chi connectivity index (χ1n) is 8.52. The van der Waals surface area contributed by atoms with E-state index in [1.807, 2.05) is 6.07 Å². The van der Waals surface area contributed by atoms with Crippen molar-refractivity contribution >= 4 is 11.6 Å². The number of nitro benzene ring substituents is 1. The average molecular weight is 389 g/mol. The second-order valence-electron chi connectivity index (χ2n) is 6.15. The van der Waals surface area contributed by atoms with Crippen molar-refractivity contribution in [3.8, 4) is 11.8 Å². The summed E-state index contributed by atoms with van der Waals surface area (Å²) in [6, 6.07) is 15.8. The van der Waals surface area contributed by atoms with Gasteiger partial charge in [-0.15, -0.1) is 0 Å². The fourth-order valence-electron chi connectivity index (χ4n) is 2.76. The Bertz CT molecular complexity index is 1210. The molecule has 144 valence electrons. The molecule has 9 nitrogen and oxygen atoms in total. The second kappa shape index (κ2) is 8.14. The molecule has 0 spiro atoms. The number of carbonyl (C=O) groups is 1. The maximum Gasteiger partial charge on any atom is 0.294 e. The number of para-hydroxylation sites is 2. The molecule has 29 heavy (non-hydrogen) atoms. The predicted molar refractivity (Wildman–Crippen MR) is 104 cm³/mol. The fraction of sp³-hybridized carbons (Fsp3) is 0.100. The topological polar surface area (TPSA) is 131 Å². The summed E-state index contributed by atoms with van der Waals surface area (Å²) in [6.07, 6.45) is 0. The van der Waals surface area contributed by atoms with Crippen LogP contribution >= 0.6 is 0 Å². The zero-order valence-corrected chi connectivity index (χ0v) is 15.3. The number of nitro groups is 1. The molecule has 0 aliphatic rings. The highest BCUT2D eigenvalue weighted by Crippen LogP contribution is 2.22. The number of nitriles is 1. The third-order valence-electron chi connectivity index (χ3n) is 4.14. The molecule has 0 radical (unpaired) electrons. The van der Waals surface area contributed by atoms with Gasteiger partial charge < -0.3 is 5.32 Å². The molecule has 9 heteroatoms. The minimum Gasteiger partial charge on any atom is -0.346 e. The first-order chi connectivity index (χ1) is 13.9. The van der Waals surface area contributed by atoms with E-state index in [9.17, 15) is 19.7 Å². The SMILES string of the molecule is Cc1cc(=O)c(C(=O)NCc2cccc(C#N)c2)nn1-c1ccccc1[N+](=O)[O-]. The number of nitrogens with zero attached hydrogens (tertiary/aromatic N) is 4. The van der Waals surface area contributed by atoms with E-state index in [0.717, 1.165) is 0 Å². The van der Waals surface area contributed by atoms with Gasteiger partial charge in [-0.1, -0.05) is 24.3 Å². The molecule has 0 unspecified atom stereocenters. The van der Waals surface area contributed by atoms with Crippen LogP contribution in [0.2, 0.25) is 0 Å². The standard InChI is InChI=1S/C20H15N5O4/c1-13-9-18(26)19(20(27)22-12-15-6-4-5-14(10-15)11-21)23-24(13)16-7-2-3-8-17(16)25(28)29/h2-10H,12H2,1H3,(H,22,27). The maximum atomic E-state index is 12.5. The number of amides is 1. The summed E-state index contributed by atoms with van der Waals surface area (Å²) in [4.78, 5) is 35.5. The van der Waals surface area contributed by atoms with Gasteiger partial charge in [0.2, 0.25) is 5.43 Å². The van der Waals surface area contributed by atoms with Crippen molar-refractivity contribution in [2.45, 2.75) is 13.5 Å². The number of benzene rings is 2. The second-order valence-corrected chi connectivity index (χ2v) is 6.15. The Kier molecular flexibility index (Phi) is 5.46. The van der Waals surface area contributed by atoms with Crippen LogP contribution < -0.4 is 10.7 Å². The zero-order chi connectivity index (χ0) is 21.0. The number of rotatable bonds is 5. The highest BCUT2D eigenvalue weighted by Gasteiger charge is 2.20. The number of aryl methyl sites for hydroxylation is 1. The number of aromatic nitrogens is 2. The molecule has 0 aliphatic carbocycles. The molecule has 1 heterocycles. The lowest BCUT2D eigenvalue weighted by Gasteiger charge is -2.11. The van der Waals surface area contributed by atoms with Gasteiger partial charge >= 0.3 is 0 Å². The van der Waals surface area contributed by atoms with Crippen molar-refractivity contribution in [2.24, 2.45) is 0 Å². The largest absolute Gasteiger partial charge is 0.346 e. The zero-order valence-electron chi connectivity index (χ0n) is 15.3. The van der Waals surface area contributed by atoms with Gasteiger partial charge in [0.05, 0.1) is 16.6 Å². The Balaban J connectivity index is 1.93. The van der Waals surface area contributed by atoms with Crippen LogP contribution in [0.4, 0.5) is 5.69 Å². The normalized spacial score (nSPS) is 10.2. The van der Waals surface area contributed by atoms with Crippen LogP contribution in [-0.2, 0) is 6.54 Å². The molecule has 3 aromatic rings. The van der Waals surface area contributed by atoms with Gasteiger partial charge in [-0.2, -0.15) is 10.4 Å². The lowest BCUT2D eigenvalue weighted by molar-refractivity contribution is -0.384. The molecular weight excluding hydrogens is 374 g/mol. The van der Waals surface area contributed by atoms with Crippen LogP contribution in [0.25, 0.3) is 5.69 Å². The summed E-state index contributed by atoms with van der Waals surface area (Å²) in [5.41, 5.74) is 0.443. The molecule has 1 amide bonds. The van der Waals surface area contributed by atoms with Crippen LogP contribution in [0, 0.1) is 28.4 Å². The lowest BCUT2D eigenvalue weighted by atomic mass is 10.1. The van der Waals surface area contributed by atoms with Crippen LogP contribution in [0.5, 0.6) is 0 Å². The summed E-state index contributed by atoms with van der Waals surface area (Å²) >= 11 is 0. The van der Waals surface area contributed by atoms with Crippen molar-refractivity contribution in [3.63, 3.8) is 0 Å². The molecule has 1 N–H and O–H groups in total. The Morgan fingerprint density at radius 1 is 1.24 bits per heavy atom. The minimum absolute atomic E-state index is 0.0921. The van der Waals surface area contributed by atoms with Crippen LogP contribution in [0.15, 0.2) is 59.4 Å². The molecule has 0 atom stereocenters. The van der Waals surface area contributed by atoms with Crippen LogP contribution in [0.3, 0.4) is 0 Å². The average Bonchev–Trinajstić information content (AvgIpc) is 2.72. The summed E-state index contributed by atoms with van der Waals surface area (Å²) in [6.45, 7) is 1.66. The monoisotopic (exact) mass is 389 g/mol. The summed E-state index contributed by atoms with van der Waals surface area (Å²) < 4.78 is 1.20. The quantitative estimate of drug-likeness (QED) is 0.526. The number of hydrogen-bond donors (Lipinski definition) is 1. The van der Waals surface area contributed by atoms with Gasteiger partial charge in [0.25, 0.3) is 11.6 Å². The van der Waals surface area contributed by atoms with Gasteiger partial charge in [0.1, 0.15) is 5.69 Å². The van der Waals surface area contributed by atoms with Gasteiger partial charge in [-0.05, 0) is 30.7 Å². The minimum atomic E-state index is -0.718. The number of hydrogen-bond acceptors (Lipinski definition) is 6. The van der Waals surface area contributed by atoms with E-state index in [1.165, 1.54) is 28.9 Å². The third kappa shape index (κ3) is 4.17. The van der Waals surface area contributed by atoms with Crippen molar-refractivity contribution in [3.05, 3.63) is 97.4 Å². The van der Waals surface area contributed by atoms with Crippen LogP contribution in [0.1, 0.15) is 27.3 Å². The number of nitrogens with one attached hydrogen (secondary N) is 1. The highest BCUT2D eigenvalue weighted by molar-refractivity contribution is 5.92. The molecule has 1 aromatic heterocycles. The molecular formula is C20H15N5O4. The smallest absolute Gasteiger partial charge is 0.294 e. The Morgan fingerprint density at radius 2 is 2.00 bits per heavy atom. The van der Waals surface area contributed by atoms with E-state index in [-0.39, 0.29) is 23.6 Å². The van der Waals surface area contributed by atoms with Gasteiger partial charge in [-0.3, -0.25) is 19.7 Å². The molecule has 0 aliphatic heterocycles.